The van der Waals surface area contributed by atoms with Gasteiger partial charge in [-0.3, -0.25) is 14.5 Å². The van der Waals surface area contributed by atoms with Crippen LogP contribution in [0.3, 0.4) is 0 Å². The molecule has 0 aromatic carbocycles. The zero-order valence-electron chi connectivity index (χ0n) is 17.0. The molecule has 2 atom stereocenters. The number of amides is 1. The lowest BCUT2D eigenvalue weighted by molar-refractivity contribution is -0.131. The lowest BCUT2D eigenvalue weighted by atomic mass is 10.1. The average molecular weight is 396 g/mol. The Morgan fingerprint density at radius 3 is 2.79 bits per heavy atom. The van der Waals surface area contributed by atoms with Gasteiger partial charge in [-0.15, -0.1) is 0 Å². The molecule has 1 saturated carbocycles. The van der Waals surface area contributed by atoms with Crippen LogP contribution in [-0.2, 0) is 30.8 Å². The van der Waals surface area contributed by atoms with Gasteiger partial charge < -0.3 is 9.32 Å². The van der Waals surface area contributed by atoms with E-state index >= 15 is 0 Å². The molecule has 1 aliphatic carbocycles. The van der Waals surface area contributed by atoms with Crippen LogP contribution in [0.25, 0.3) is 0 Å². The van der Waals surface area contributed by atoms with E-state index in [9.17, 15) is 9.59 Å². The van der Waals surface area contributed by atoms with Gasteiger partial charge in [-0.05, 0) is 42.9 Å². The molecule has 4 heterocycles. The van der Waals surface area contributed by atoms with Crippen molar-refractivity contribution in [2.24, 2.45) is 5.92 Å². The minimum absolute atomic E-state index is 0.00640. The Balaban J connectivity index is 1.24. The van der Waals surface area contributed by atoms with E-state index in [4.69, 9.17) is 4.42 Å². The van der Waals surface area contributed by atoms with E-state index in [1.807, 2.05) is 4.90 Å². The molecule has 0 radical (unpaired) electrons. The van der Waals surface area contributed by atoms with Crippen LogP contribution in [0, 0.1) is 5.92 Å². The second-order valence-corrected chi connectivity index (χ2v) is 8.78. The van der Waals surface area contributed by atoms with Crippen LogP contribution in [0.1, 0.15) is 54.9 Å². The van der Waals surface area contributed by atoms with E-state index in [0.717, 1.165) is 74.1 Å². The van der Waals surface area contributed by atoms with E-state index in [-0.39, 0.29) is 18.0 Å². The van der Waals surface area contributed by atoms with Gasteiger partial charge in [0.05, 0.1) is 12.2 Å². The van der Waals surface area contributed by atoms with Crippen LogP contribution in [0.15, 0.2) is 27.4 Å². The zero-order valence-corrected chi connectivity index (χ0v) is 17.0. The molecule has 1 saturated heterocycles. The normalized spacial score (nSPS) is 24.0. The molecular weight excluding hydrogens is 368 g/mol. The molecule has 154 valence electrons. The summed E-state index contributed by atoms with van der Waals surface area (Å²) in [6.45, 7) is 6.19. The molecule has 29 heavy (non-hydrogen) atoms. The van der Waals surface area contributed by atoms with E-state index in [1.165, 1.54) is 11.1 Å². The minimum atomic E-state index is -0.193. The molecule has 2 aromatic heterocycles. The fourth-order valence-corrected chi connectivity index (χ4v) is 4.56. The third-order valence-corrected chi connectivity index (χ3v) is 6.50. The molecule has 2 aromatic rings. The van der Waals surface area contributed by atoms with Gasteiger partial charge >= 0.3 is 0 Å². The van der Waals surface area contributed by atoms with Crippen LogP contribution in [0.2, 0.25) is 0 Å². The molecule has 2 aliphatic heterocycles. The van der Waals surface area contributed by atoms with Gasteiger partial charge in [0.2, 0.25) is 5.91 Å². The number of nitrogens with zero attached hydrogens (tertiary/aromatic N) is 4. The first-order chi connectivity index (χ1) is 14.1. The quantitative estimate of drug-likeness (QED) is 0.774. The molecule has 0 spiro atoms. The molecule has 0 bridgehead atoms. The number of fused-ring (bicyclic) bond motifs is 1. The number of hydrogen-bond acceptors (Lipinski definition) is 5. The molecule has 5 rings (SSSR count). The third kappa shape index (κ3) is 3.88. The fourth-order valence-electron chi connectivity index (χ4n) is 4.56. The summed E-state index contributed by atoms with van der Waals surface area (Å²) in [6.07, 6.45) is 4.10. The molecular formula is C22H28N4O3. The maximum Gasteiger partial charge on any atom is 0.267 e. The molecule has 2 unspecified atom stereocenters. The first-order valence-electron chi connectivity index (χ1n) is 10.8. The highest BCUT2D eigenvalue weighted by Gasteiger charge is 2.36. The maximum atomic E-state index is 12.5. The Morgan fingerprint density at radius 2 is 2.03 bits per heavy atom. The summed E-state index contributed by atoms with van der Waals surface area (Å²) in [6, 6.07) is 5.85. The smallest absolute Gasteiger partial charge is 0.267 e. The lowest BCUT2D eigenvalue weighted by Gasteiger charge is -2.27. The van der Waals surface area contributed by atoms with Crippen molar-refractivity contribution in [3.8, 4) is 0 Å². The van der Waals surface area contributed by atoms with E-state index < -0.39 is 0 Å². The largest absolute Gasteiger partial charge is 0.464 e. The molecule has 1 amide bonds. The summed E-state index contributed by atoms with van der Waals surface area (Å²) < 4.78 is 7.38. The summed E-state index contributed by atoms with van der Waals surface area (Å²) in [5, 5.41) is 4.52. The number of carbonyl (C=O) groups excluding carboxylic acids is 1. The van der Waals surface area contributed by atoms with Crippen molar-refractivity contribution in [3.63, 3.8) is 0 Å². The Labute approximate surface area is 170 Å². The summed E-state index contributed by atoms with van der Waals surface area (Å²) in [7, 11) is 0. The van der Waals surface area contributed by atoms with Gasteiger partial charge in [0.1, 0.15) is 18.1 Å². The van der Waals surface area contributed by atoms with Crippen molar-refractivity contribution in [1.29, 1.82) is 0 Å². The predicted molar refractivity (Wildman–Crippen MR) is 107 cm³/mol. The Bertz CT molecular complexity index is 973. The summed E-state index contributed by atoms with van der Waals surface area (Å²) >= 11 is 0. The van der Waals surface area contributed by atoms with Crippen LogP contribution in [0.4, 0.5) is 0 Å². The minimum Gasteiger partial charge on any atom is -0.464 e. The molecule has 2 fully saturated rings. The lowest BCUT2D eigenvalue weighted by Crippen LogP contribution is -2.38. The predicted octanol–water partition coefficient (Wildman–Crippen LogP) is 2.14. The monoisotopic (exact) mass is 396 g/mol. The van der Waals surface area contributed by atoms with Crippen LogP contribution >= 0.6 is 0 Å². The van der Waals surface area contributed by atoms with Gasteiger partial charge in [-0.1, -0.05) is 6.92 Å². The molecule has 7 nitrogen and oxygen atoms in total. The zero-order chi connectivity index (χ0) is 20.0. The van der Waals surface area contributed by atoms with Crippen molar-refractivity contribution in [2.45, 2.75) is 58.2 Å². The number of hydrogen-bond donors (Lipinski definition) is 0. The third-order valence-electron chi connectivity index (χ3n) is 6.50. The van der Waals surface area contributed by atoms with Crippen molar-refractivity contribution in [2.75, 3.05) is 19.6 Å². The first-order valence-corrected chi connectivity index (χ1v) is 10.8. The Morgan fingerprint density at radius 1 is 1.24 bits per heavy atom. The second kappa shape index (κ2) is 7.44. The Kier molecular flexibility index (Phi) is 4.78. The van der Waals surface area contributed by atoms with Gasteiger partial charge in [0, 0.05) is 44.6 Å². The number of furan rings is 1. The Hall–Kier alpha value is -2.41. The summed E-state index contributed by atoms with van der Waals surface area (Å²) in [5.41, 5.74) is 1.71. The first kappa shape index (κ1) is 18.6. The summed E-state index contributed by atoms with van der Waals surface area (Å²) in [4.78, 5) is 29.0. The molecule has 0 N–H and O–H groups in total. The second-order valence-electron chi connectivity index (χ2n) is 8.78. The molecule has 7 heteroatoms. The topological polar surface area (TPSA) is 71.6 Å². The van der Waals surface area contributed by atoms with Gasteiger partial charge in [0.15, 0.2) is 0 Å². The number of aromatic nitrogens is 2. The SMILES string of the molecule is CC1CC1c1ccc(CN2CCc3nn(CC(=O)N4CCCC4)c(=O)cc3C2)o1. The number of carbonyl (C=O) groups is 1. The van der Waals surface area contributed by atoms with Crippen molar-refractivity contribution in [3.05, 3.63) is 51.3 Å². The van der Waals surface area contributed by atoms with Gasteiger partial charge in [-0.2, -0.15) is 5.10 Å². The number of likely N-dealkylation sites (tertiary alicyclic amines) is 1. The van der Waals surface area contributed by atoms with Gasteiger partial charge in [0.25, 0.3) is 5.56 Å². The van der Waals surface area contributed by atoms with Crippen LogP contribution < -0.4 is 5.56 Å². The van der Waals surface area contributed by atoms with Crippen molar-refractivity contribution >= 4 is 5.91 Å². The molecule has 3 aliphatic rings. The standard InChI is InChI=1S/C22H28N4O3/c1-15-10-18(15)20-5-4-17(29-20)13-24-9-6-19-16(12-24)11-21(27)26(23-19)14-22(28)25-7-2-3-8-25/h4-5,11,15,18H,2-3,6-10,12-14H2,1H3. The highest BCUT2D eigenvalue weighted by molar-refractivity contribution is 5.76. The highest BCUT2D eigenvalue weighted by Crippen LogP contribution is 2.47. The maximum absolute atomic E-state index is 12.5. The summed E-state index contributed by atoms with van der Waals surface area (Å²) in [5.74, 6) is 3.42. The van der Waals surface area contributed by atoms with Crippen LogP contribution in [-0.4, -0.2) is 45.1 Å². The van der Waals surface area contributed by atoms with Crippen molar-refractivity contribution in [1.82, 2.24) is 19.6 Å². The van der Waals surface area contributed by atoms with E-state index in [2.05, 4.69) is 29.1 Å². The van der Waals surface area contributed by atoms with Crippen molar-refractivity contribution < 1.29 is 9.21 Å². The van der Waals surface area contributed by atoms with E-state index in [0.29, 0.717) is 12.5 Å². The van der Waals surface area contributed by atoms with Gasteiger partial charge in [-0.25, -0.2) is 4.68 Å². The van der Waals surface area contributed by atoms with E-state index in [1.54, 1.807) is 6.07 Å². The average Bonchev–Trinajstić information content (AvgIpc) is 3.12. The number of rotatable bonds is 5. The van der Waals surface area contributed by atoms with Crippen LogP contribution in [0.5, 0.6) is 0 Å². The fraction of sp³-hybridized carbons (Fsp3) is 0.591. The highest BCUT2D eigenvalue weighted by atomic mass is 16.3.